The fourth-order valence-electron chi connectivity index (χ4n) is 1.87. The first-order valence-electron chi connectivity index (χ1n) is 6.16. The summed E-state index contributed by atoms with van der Waals surface area (Å²) in [6.07, 6.45) is 5.72. The van der Waals surface area contributed by atoms with Crippen molar-refractivity contribution in [1.82, 2.24) is 10.2 Å². The van der Waals surface area contributed by atoms with Gasteiger partial charge in [0.25, 0.3) is 0 Å². The van der Waals surface area contributed by atoms with E-state index in [4.69, 9.17) is 0 Å². The second kappa shape index (κ2) is 5.96. The van der Waals surface area contributed by atoms with Crippen molar-refractivity contribution in [2.45, 2.75) is 6.92 Å². The van der Waals surface area contributed by atoms with Gasteiger partial charge in [0, 0.05) is 12.6 Å². The third-order valence-electron chi connectivity index (χ3n) is 2.87. The van der Waals surface area contributed by atoms with Crippen molar-refractivity contribution in [3.05, 3.63) is 60.2 Å². The Morgan fingerprint density at radius 2 is 2.00 bits per heavy atom. The molecule has 0 bridgehead atoms. The Labute approximate surface area is 113 Å². The van der Waals surface area contributed by atoms with E-state index in [0.717, 1.165) is 22.6 Å². The lowest BCUT2D eigenvalue weighted by atomic mass is 10.0. The van der Waals surface area contributed by atoms with Gasteiger partial charge in [-0.25, -0.2) is 0 Å². The van der Waals surface area contributed by atoms with Crippen LogP contribution in [0.25, 0.3) is 17.3 Å². The summed E-state index contributed by atoms with van der Waals surface area (Å²) < 4.78 is 0. The Kier molecular flexibility index (Phi) is 4.08. The first kappa shape index (κ1) is 13.0. The molecule has 1 aromatic carbocycles. The molecule has 0 atom stereocenters. The van der Waals surface area contributed by atoms with E-state index in [1.54, 1.807) is 6.08 Å². The third kappa shape index (κ3) is 3.07. The van der Waals surface area contributed by atoms with E-state index in [9.17, 15) is 0 Å². The molecule has 3 heteroatoms. The van der Waals surface area contributed by atoms with Gasteiger partial charge in [0.15, 0.2) is 0 Å². The van der Waals surface area contributed by atoms with E-state index in [2.05, 4.69) is 47.2 Å². The predicted octanol–water partition coefficient (Wildman–Crippen LogP) is 3.69. The fraction of sp³-hybridized carbons (Fsp3) is 0.125. The number of aryl methyl sites for hydroxylation is 1. The van der Waals surface area contributed by atoms with Gasteiger partial charge in [0.05, 0.1) is 5.69 Å². The number of allylic oxidation sites excluding steroid dienone is 2. The number of anilines is 1. The van der Waals surface area contributed by atoms with Crippen LogP contribution in [-0.4, -0.2) is 17.2 Å². The Hall–Kier alpha value is -2.42. The van der Waals surface area contributed by atoms with Crippen molar-refractivity contribution in [1.29, 1.82) is 0 Å². The molecule has 0 spiro atoms. The summed E-state index contributed by atoms with van der Waals surface area (Å²) >= 11 is 0. The highest BCUT2D eigenvalue weighted by molar-refractivity contribution is 5.67. The number of nitrogens with one attached hydrogen (secondary N) is 1. The van der Waals surface area contributed by atoms with Crippen LogP contribution in [-0.2, 0) is 0 Å². The molecule has 19 heavy (non-hydrogen) atoms. The van der Waals surface area contributed by atoms with Crippen molar-refractivity contribution >= 4 is 11.9 Å². The highest BCUT2D eigenvalue weighted by atomic mass is 15.2. The van der Waals surface area contributed by atoms with E-state index in [1.807, 2.05) is 31.3 Å². The highest BCUT2D eigenvalue weighted by Gasteiger charge is 2.04. The van der Waals surface area contributed by atoms with Crippen molar-refractivity contribution in [3.63, 3.8) is 0 Å². The minimum atomic E-state index is 0.770. The number of hydrogen-bond acceptors (Lipinski definition) is 3. The van der Waals surface area contributed by atoms with Gasteiger partial charge < -0.3 is 5.32 Å². The van der Waals surface area contributed by atoms with Gasteiger partial charge in [-0.3, -0.25) is 0 Å². The summed E-state index contributed by atoms with van der Waals surface area (Å²) in [7, 11) is 1.83. The fourth-order valence-corrected chi connectivity index (χ4v) is 1.87. The van der Waals surface area contributed by atoms with Crippen molar-refractivity contribution in [3.8, 4) is 11.3 Å². The maximum Gasteiger partial charge on any atom is 0.148 e. The van der Waals surface area contributed by atoms with Gasteiger partial charge >= 0.3 is 0 Å². The molecule has 96 valence electrons. The molecule has 2 aromatic rings. The normalized spacial score (nSPS) is 10.6. The lowest BCUT2D eigenvalue weighted by Crippen LogP contribution is -1.96. The molecule has 0 amide bonds. The molecule has 0 saturated carbocycles. The van der Waals surface area contributed by atoms with E-state index < -0.39 is 0 Å². The minimum absolute atomic E-state index is 0.770. The molecule has 1 heterocycles. The van der Waals surface area contributed by atoms with Crippen LogP contribution in [0.5, 0.6) is 0 Å². The lowest BCUT2D eigenvalue weighted by Gasteiger charge is -2.06. The summed E-state index contributed by atoms with van der Waals surface area (Å²) in [5.74, 6) is 0.770. The Morgan fingerprint density at radius 3 is 2.58 bits per heavy atom. The van der Waals surface area contributed by atoms with Crippen LogP contribution in [0.3, 0.4) is 0 Å². The van der Waals surface area contributed by atoms with Crippen LogP contribution in [0.2, 0.25) is 0 Å². The molecule has 0 saturated heterocycles. The molecule has 0 aliphatic rings. The van der Waals surface area contributed by atoms with Crippen LogP contribution < -0.4 is 5.32 Å². The summed E-state index contributed by atoms with van der Waals surface area (Å²) in [6.45, 7) is 5.75. The average molecular weight is 251 g/mol. The van der Waals surface area contributed by atoms with Crippen molar-refractivity contribution in [2.75, 3.05) is 12.4 Å². The third-order valence-corrected chi connectivity index (χ3v) is 2.87. The van der Waals surface area contributed by atoms with E-state index in [0.29, 0.717) is 0 Å². The number of hydrogen-bond donors (Lipinski definition) is 1. The summed E-state index contributed by atoms with van der Waals surface area (Å²) in [6, 6.07) is 10.2. The quantitative estimate of drug-likeness (QED) is 0.842. The molecule has 0 fully saturated rings. The van der Waals surface area contributed by atoms with Crippen molar-refractivity contribution < 1.29 is 0 Å². The second-order valence-corrected chi connectivity index (χ2v) is 4.22. The molecule has 0 aliphatic heterocycles. The van der Waals surface area contributed by atoms with Gasteiger partial charge in [0.2, 0.25) is 0 Å². The van der Waals surface area contributed by atoms with Crippen LogP contribution in [0.15, 0.2) is 49.1 Å². The van der Waals surface area contributed by atoms with Gasteiger partial charge in [0.1, 0.15) is 5.82 Å². The second-order valence-electron chi connectivity index (χ2n) is 4.22. The van der Waals surface area contributed by atoms with Crippen LogP contribution in [0.1, 0.15) is 11.1 Å². The van der Waals surface area contributed by atoms with Gasteiger partial charge in [-0.15, -0.1) is 10.2 Å². The Morgan fingerprint density at radius 1 is 1.16 bits per heavy atom. The maximum absolute atomic E-state index is 4.23. The van der Waals surface area contributed by atoms with E-state index in [-0.39, 0.29) is 0 Å². The Balaban J connectivity index is 2.34. The minimum Gasteiger partial charge on any atom is -0.372 e. The molecule has 0 unspecified atom stereocenters. The van der Waals surface area contributed by atoms with Gasteiger partial charge in [-0.2, -0.15) is 0 Å². The maximum atomic E-state index is 4.23. The van der Waals surface area contributed by atoms with E-state index in [1.165, 1.54) is 5.56 Å². The molecular weight excluding hydrogens is 234 g/mol. The Bertz CT molecular complexity index is 598. The van der Waals surface area contributed by atoms with Crippen LogP contribution in [0.4, 0.5) is 5.82 Å². The standard InChI is InChI=1S/C16H17N3/c1-4-5-6-13-7-8-14(12(2)11-13)15-9-10-16(17-3)19-18-15/h4-11H,1H2,2-3H3,(H,17,19)/b6-5+. The zero-order valence-electron chi connectivity index (χ0n) is 11.2. The largest absolute Gasteiger partial charge is 0.372 e. The monoisotopic (exact) mass is 251 g/mol. The zero-order valence-corrected chi connectivity index (χ0v) is 11.2. The molecule has 1 N–H and O–H groups in total. The first-order chi connectivity index (χ1) is 9.24. The summed E-state index contributed by atoms with van der Waals surface area (Å²) in [5, 5.41) is 11.3. The van der Waals surface area contributed by atoms with E-state index >= 15 is 0 Å². The van der Waals surface area contributed by atoms with Crippen LogP contribution in [0, 0.1) is 6.92 Å². The number of rotatable bonds is 4. The highest BCUT2D eigenvalue weighted by Crippen LogP contribution is 2.23. The average Bonchev–Trinajstić information content (AvgIpc) is 2.45. The molecule has 1 aromatic heterocycles. The topological polar surface area (TPSA) is 37.8 Å². The molecule has 3 nitrogen and oxygen atoms in total. The first-order valence-corrected chi connectivity index (χ1v) is 6.16. The smallest absolute Gasteiger partial charge is 0.148 e. The number of aromatic nitrogens is 2. The van der Waals surface area contributed by atoms with Crippen LogP contribution >= 0.6 is 0 Å². The predicted molar refractivity (Wildman–Crippen MR) is 81.0 cm³/mol. The van der Waals surface area contributed by atoms with Gasteiger partial charge in [-0.05, 0) is 30.2 Å². The van der Waals surface area contributed by atoms with Crippen molar-refractivity contribution in [2.24, 2.45) is 0 Å². The summed E-state index contributed by atoms with van der Waals surface area (Å²) in [5.41, 5.74) is 4.32. The molecule has 0 aliphatic carbocycles. The molecular formula is C16H17N3. The lowest BCUT2D eigenvalue weighted by molar-refractivity contribution is 1.04. The number of benzene rings is 1. The zero-order chi connectivity index (χ0) is 13.7. The SMILES string of the molecule is C=C/C=C/c1ccc(-c2ccc(NC)nn2)c(C)c1. The number of nitrogens with zero attached hydrogens (tertiary/aromatic N) is 2. The molecule has 2 rings (SSSR count). The van der Waals surface area contributed by atoms with Gasteiger partial charge in [-0.1, -0.05) is 43.0 Å². The summed E-state index contributed by atoms with van der Waals surface area (Å²) in [4.78, 5) is 0. The molecule has 0 radical (unpaired) electrons.